The van der Waals surface area contributed by atoms with Crippen molar-refractivity contribution < 1.29 is 14.1 Å². The van der Waals surface area contributed by atoms with Crippen LogP contribution in [-0.2, 0) is 17.7 Å². The van der Waals surface area contributed by atoms with Crippen molar-refractivity contribution in [1.29, 1.82) is 0 Å². The molecule has 0 aliphatic carbocycles. The van der Waals surface area contributed by atoms with Crippen molar-refractivity contribution >= 4 is 17.3 Å². The number of ether oxygens (including phenoxy) is 1. The van der Waals surface area contributed by atoms with E-state index in [1.165, 1.54) is 0 Å². The average molecular weight is 304 g/mol. The lowest BCUT2D eigenvalue weighted by Crippen LogP contribution is -2.26. The first-order valence-electron chi connectivity index (χ1n) is 6.53. The summed E-state index contributed by atoms with van der Waals surface area (Å²) >= 11 is -1.06. The fourth-order valence-corrected chi connectivity index (χ4v) is 2.29. The molecule has 2 aromatic rings. The second-order valence-corrected chi connectivity index (χ2v) is 5.88. The molecule has 1 N–H and O–H groups in total. The van der Waals surface area contributed by atoms with Crippen molar-refractivity contribution in [1.82, 2.24) is 10.3 Å². The molecule has 5 nitrogen and oxygen atoms in total. The van der Waals surface area contributed by atoms with Crippen LogP contribution >= 0.6 is 0 Å². The van der Waals surface area contributed by atoms with Crippen LogP contribution in [0.5, 0.6) is 5.75 Å². The highest BCUT2D eigenvalue weighted by atomic mass is 32.2. The Morgan fingerprint density at radius 2 is 2.05 bits per heavy atom. The molecule has 110 valence electrons. The van der Waals surface area contributed by atoms with Gasteiger partial charge in [0.25, 0.3) is 0 Å². The Bertz CT molecular complexity index is 575. The molecule has 1 amide bonds. The minimum atomic E-state index is -1.06. The van der Waals surface area contributed by atoms with Crippen LogP contribution in [0.1, 0.15) is 12.5 Å². The average Bonchev–Trinajstić information content (AvgIpc) is 2.53. The van der Waals surface area contributed by atoms with Crippen LogP contribution in [-0.4, -0.2) is 21.4 Å². The number of hydrogen-bond donors (Lipinski definition) is 1. The smallest absolute Gasteiger partial charge is 0.412 e. The molecule has 1 heterocycles. The van der Waals surface area contributed by atoms with Gasteiger partial charge in [0.2, 0.25) is 5.03 Å². The van der Waals surface area contributed by atoms with E-state index in [0.717, 1.165) is 5.56 Å². The standard InChI is InChI=1S/C15H16N2O3S/c1-2-21(19)14-9-8-12(10-16-14)11-17-15(18)20-13-6-4-3-5-7-13/h3-10H,2,11H2,1H3,(H,17,18). The largest absolute Gasteiger partial charge is 0.610 e. The third kappa shape index (κ3) is 4.77. The van der Waals surface area contributed by atoms with E-state index in [-0.39, 0.29) is 0 Å². The van der Waals surface area contributed by atoms with Crippen LogP contribution in [0, 0.1) is 0 Å². The summed E-state index contributed by atoms with van der Waals surface area (Å²) in [4.78, 5) is 15.7. The number of aromatic nitrogens is 1. The summed E-state index contributed by atoms with van der Waals surface area (Å²) in [5.41, 5.74) is 0.817. The van der Waals surface area contributed by atoms with Crippen LogP contribution in [0.15, 0.2) is 53.7 Å². The summed E-state index contributed by atoms with van der Waals surface area (Å²) in [5, 5.41) is 3.18. The Balaban J connectivity index is 1.84. The maximum Gasteiger partial charge on any atom is 0.412 e. The van der Waals surface area contributed by atoms with Gasteiger partial charge in [-0.05, 0) is 30.7 Å². The number of benzene rings is 1. The van der Waals surface area contributed by atoms with Crippen molar-refractivity contribution in [3.8, 4) is 5.75 Å². The molecular formula is C15H16N2O3S. The Labute approximate surface area is 126 Å². The Morgan fingerprint density at radius 3 is 2.67 bits per heavy atom. The predicted molar refractivity (Wildman–Crippen MR) is 80.5 cm³/mol. The zero-order valence-electron chi connectivity index (χ0n) is 11.6. The van der Waals surface area contributed by atoms with Gasteiger partial charge in [0.15, 0.2) is 0 Å². The molecule has 0 spiro atoms. The number of pyridine rings is 1. The summed E-state index contributed by atoms with van der Waals surface area (Å²) in [5.74, 6) is 1.02. The fourth-order valence-electron chi connectivity index (χ4n) is 1.60. The van der Waals surface area contributed by atoms with Gasteiger partial charge in [0.1, 0.15) is 11.5 Å². The Morgan fingerprint density at radius 1 is 1.29 bits per heavy atom. The van der Waals surface area contributed by atoms with Crippen molar-refractivity contribution in [2.45, 2.75) is 18.5 Å². The highest BCUT2D eigenvalue weighted by Gasteiger charge is 2.09. The van der Waals surface area contributed by atoms with Crippen LogP contribution in [0.4, 0.5) is 4.79 Å². The summed E-state index contributed by atoms with van der Waals surface area (Å²) < 4.78 is 16.6. The molecule has 0 aliphatic rings. The molecule has 0 fully saturated rings. The summed E-state index contributed by atoms with van der Waals surface area (Å²) in [7, 11) is 0. The molecular weight excluding hydrogens is 288 g/mol. The molecule has 0 bridgehead atoms. The van der Waals surface area contributed by atoms with E-state index in [4.69, 9.17) is 4.74 Å². The second-order valence-electron chi connectivity index (χ2n) is 4.20. The zero-order valence-corrected chi connectivity index (χ0v) is 12.4. The van der Waals surface area contributed by atoms with Crippen molar-refractivity contribution in [3.63, 3.8) is 0 Å². The van der Waals surface area contributed by atoms with Gasteiger partial charge in [-0.25, -0.2) is 9.78 Å². The minimum Gasteiger partial charge on any atom is -0.610 e. The Kier molecular flexibility index (Phi) is 5.59. The minimum absolute atomic E-state index is 0.303. The molecule has 6 heteroatoms. The fraction of sp³-hybridized carbons (Fsp3) is 0.200. The van der Waals surface area contributed by atoms with Gasteiger partial charge in [0, 0.05) is 30.0 Å². The first-order chi connectivity index (χ1) is 10.2. The maximum atomic E-state index is 11.6. The third-order valence-corrected chi connectivity index (χ3v) is 3.92. The summed E-state index contributed by atoms with van der Waals surface area (Å²) in [6.07, 6.45) is 1.08. The van der Waals surface area contributed by atoms with E-state index >= 15 is 0 Å². The number of carbonyl (C=O) groups is 1. The van der Waals surface area contributed by atoms with Gasteiger partial charge in [-0.15, -0.1) is 0 Å². The lowest BCUT2D eigenvalue weighted by atomic mass is 10.3. The zero-order chi connectivity index (χ0) is 15.1. The van der Waals surface area contributed by atoms with E-state index in [1.807, 2.05) is 13.0 Å². The first-order valence-corrected chi connectivity index (χ1v) is 7.85. The highest BCUT2D eigenvalue weighted by molar-refractivity contribution is 7.91. The summed E-state index contributed by atoms with van der Waals surface area (Å²) in [6, 6.07) is 12.3. The lowest BCUT2D eigenvalue weighted by molar-refractivity contribution is 0.200. The SMILES string of the molecule is CC[S+]([O-])c1ccc(CNC(=O)Oc2ccccc2)cn1. The number of amides is 1. The number of hydrogen-bond acceptors (Lipinski definition) is 4. The van der Waals surface area contributed by atoms with Crippen molar-refractivity contribution in [2.24, 2.45) is 0 Å². The molecule has 1 atom stereocenters. The van der Waals surface area contributed by atoms with E-state index in [9.17, 15) is 9.35 Å². The Hall–Kier alpha value is -2.05. The monoisotopic (exact) mass is 304 g/mol. The molecule has 1 unspecified atom stereocenters. The molecule has 0 radical (unpaired) electrons. The van der Waals surface area contributed by atoms with E-state index in [2.05, 4.69) is 10.3 Å². The van der Waals surface area contributed by atoms with Gasteiger partial charge in [0.05, 0.1) is 0 Å². The van der Waals surface area contributed by atoms with Crippen LogP contribution in [0.25, 0.3) is 0 Å². The van der Waals surface area contributed by atoms with Crippen LogP contribution in [0.3, 0.4) is 0 Å². The molecule has 1 aromatic carbocycles. The normalized spacial score (nSPS) is 11.7. The molecule has 2 rings (SSSR count). The third-order valence-electron chi connectivity index (χ3n) is 2.68. The van der Waals surface area contributed by atoms with Gasteiger partial charge < -0.3 is 14.6 Å². The van der Waals surface area contributed by atoms with Gasteiger partial charge in [-0.3, -0.25) is 0 Å². The number of para-hydroxylation sites is 1. The highest BCUT2D eigenvalue weighted by Crippen LogP contribution is 2.10. The quantitative estimate of drug-likeness (QED) is 0.861. The van der Waals surface area contributed by atoms with Gasteiger partial charge >= 0.3 is 6.09 Å². The van der Waals surface area contributed by atoms with Gasteiger partial charge in [-0.2, -0.15) is 0 Å². The van der Waals surface area contributed by atoms with E-state index < -0.39 is 17.3 Å². The molecule has 0 aliphatic heterocycles. The van der Waals surface area contributed by atoms with Crippen LogP contribution in [0.2, 0.25) is 0 Å². The van der Waals surface area contributed by atoms with E-state index in [1.54, 1.807) is 42.6 Å². The molecule has 0 saturated heterocycles. The van der Waals surface area contributed by atoms with Crippen LogP contribution < -0.4 is 10.1 Å². The second kappa shape index (κ2) is 7.66. The molecule has 0 saturated carbocycles. The number of carbonyl (C=O) groups excluding carboxylic acids is 1. The lowest BCUT2D eigenvalue weighted by Gasteiger charge is -2.08. The topological polar surface area (TPSA) is 74.3 Å². The van der Waals surface area contributed by atoms with Gasteiger partial charge in [-0.1, -0.05) is 18.2 Å². The van der Waals surface area contributed by atoms with Crippen molar-refractivity contribution in [3.05, 3.63) is 54.2 Å². The summed E-state index contributed by atoms with van der Waals surface area (Å²) in [6.45, 7) is 2.14. The first kappa shape index (κ1) is 15.3. The maximum absolute atomic E-state index is 11.6. The number of nitrogens with one attached hydrogen (secondary N) is 1. The predicted octanol–water partition coefficient (Wildman–Crippen LogP) is 2.50. The number of rotatable bonds is 5. The van der Waals surface area contributed by atoms with E-state index in [0.29, 0.717) is 23.1 Å². The number of nitrogens with zero attached hydrogens (tertiary/aromatic N) is 1. The molecule has 1 aromatic heterocycles. The molecule has 21 heavy (non-hydrogen) atoms. The van der Waals surface area contributed by atoms with Crippen molar-refractivity contribution in [2.75, 3.05) is 5.75 Å².